The van der Waals surface area contributed by atoms with Gasteiger partial charge >= 0.3 is 11.6 Å². The molecule has 0 fully saturated rings. The van der Waals surface area contributed by atoms with Crippen molar-refractivity contribution in [1.29, 1.82) is 0 Å². The Kier molecular flexibility index (Phi) is 6.45. The maximum atomic E-state index is 12.8. The van der Waals surface area contributed by atoms with Crippen molar-refractivity contribution in [3.05, 3.63) is 68.7 Å². The lowest BCUT2D eigenvalue weighted by molar-refractivity contribution is -0.142. The number of aromatic nitrogens is 1. The number of phenols is 1. The van der Waals surface area contributed by atoms with E-state index < -0.39 is 29.6 Å². The molecule has 0 aliphatic heterocycles. The largest absolute Gasteiger partial charge is 0.508 e. The molecule has 0 unspecified atom stereocenters. The average Bonchev–Trinajstić information content (AvgIpc) is 3.20. The molecular formula is C25H23ClN2O7. The van der Waals surface area contributed by atoms with Crippen molar-refractivity contribution in [2.24, 2.45) is 0 Å². The number of carboxylic acids is 1. The number of carbonyl (C=O) groups excluding carboxylic acids is 1. The topological polar surface area (TPSA) is 142 Å². The molecular weight excluding hydrogens is 476 g/mol. The number of aliphatic carboxylic acids is 1. The van der Waals surface area contributed by atoms with Gasteiger partial charge in [0.25, 0.3) is 5.91 Å². The highest BCUT2D eigenvalue weighted by Gasteiger charge is 2.26. The monoisotopic (exact) mass is 498 g/mol. The van der Waals surface area contributed by atoms with Gasteiger partial charge in [-0.1, -0.05) is 11.6 Å². The van der Waals surface area contributed by atoms with E-state index in [0.717, 1.165) is 11.1 Å². The Balaban J connectivity index is 1.52. The lowest BCUT2D eigenvalue weighted by Gasteiger charge is -2.19. The minimum Gasteiger partial charge on any atom is -0.508 e. The zero-order chi connectivity index (χ0) is 25.4. The molecule has 0 radical (unpaired) electrons. The van der Waals surface area contributed by atoms with Crippen LogP contribution in [-0.2, 0) is 16.0 Å². The van der Waals surface area contributed by atoms with Gasteiger partial charge in [-0.3, -0.25) is 4.79 Å². The van der Waals surface area contributed by atoms with Crippen molar-refractivity contribution in [3.8, 4) is 11.5 Å². The van der Waals surface area contributed by atoms with Gasteiger partial charge in [-0.2, -0.15) is 0 Å². The summed E-state index contributed by atoms with van der Waals surface area (Å²) >= 11 is 6.34. The standard InChI is InChI=1S/C25H23ClN2O7/c1-11-12(2)25(33)35-21-9-22(18(26)8-16(11)21)34-13(3)23(30)28-20(24(31)32)6-14-10-27-19-5-4-15(29)7-17(14)19/h4-5,7-10,13,20,27,29H,6H2,1-3H3,(H,28,30)(H,31,32)/t13-,20+/m0/s1. The number of amides is 1. The second-order valence-corrected chi connectivity index (χ2v) is 8.73. The quantitative estimate of drug-likeness (QED) is 0.284. The number of phenolic OH excluding ortho intramolecular Hbond substituents is 1. The van der Waals surface area contributed by atoms with Crippen molar-refractivity contribution in [2.75, 3.05) is 0 Å². The molecule has 0 aliphatic carbocycles. The molecule has 4 aromatic rings. The summed E-state index contributed by atoms with van der Waals surface area (Å²) in [5.74, 6) is -1.73. The molecule has 0 saturated heterocycles. The summed E-state index contributed by atoms with van der Waals surface area (Å²) in [5.41, 5.74) is 2.33. The van der Waals surface area contributed by atoms with E-state index in [1.54, 1.807) is 32.2 Å². The Labute approximate surface area is 204 Å². The molecule has 0 spiro atoms. The van der Waals surface area contributed by atoms with Gasteiger partial charge in [0.1, 0.15) is 23.1 Å². The molecule has 35 heavy (non-hydrogen) atoms. The Morgan fingerprint density at radius 1 is 1.17 bits per heavy atom. The average molecular weight is 499 g/mol. The van der Waals surface area contributed by atoms with E-state index >= 15 is 0 Å². The second-order valence-electron chi connectivity index (χ2n) is 8.33. The second kappa shape index (κ2) is 9.34. The molecule has 182 valence electrons. The van der Waals surface area contributed by atoms with Crippen LogP contribution in [0.1, 0.15) is 23.6 Å². The third-order valence-corrected chi connectivity index (χ3v) is 6.27. The summed E-state index contributed by atoms with van der Waals surface area (Å²) in [6.07, 6.45) is 0.521. The van der Waals surface area contributed by atoms with E-state index in [9.17, 15) is 24.6 Å². The smallest absolute Gasteiger partial charge is 0.339 e. The van der Waals surface area contributed by atoms with Crippen LogP contribution in [0.15, 0.2) is 45.7 Å². The lowest BCUT2D eigenvalue weighted by atomic mass is 10.0. The first-order valence-corrected chi connectivity index (χ1v) is 11.1. The number of aryl methyl sites for hydroxylation is 1. The molecule has 10 heteroatoms. The van der Waals surface area contributed by atoms with E-state index in [4.69, 9.17) is 20.8 Å². The van der Waals surface area contributed by atoms with Gasteiger partial charge in [-0.05, 0) is 56.2 Å². The van der Waals surface area contributed by atoms with Gasteiger partial charge in [-0.15, -0.1) is 0 Å². The first kappa shape index (κ1) is 24.2. The molecule has 2 aromatic heterocycles. The fourth-order valence-corrected chi connectivity index (χ4v) is 4.03. The number of hydrogen-bond donors (Lipinski definition) is 4. The summed E-state index contributed by atoms with van der Waals surface area (Å²) in [4.78, 5) is 39.7. The van der Waals surface area contributed by atoms with Gasteiger partial charge in [0.15, 0.2) is 6.10 Å². The third kappa shape index (κ3) is 4.81. The molecule has 4 N–H and O–H groups in total. The van der Waals surface area contributed by atoms with Gasteiger partial charge in [0, 0.05) is 40.5 Å². The molecule has 2 atom stereocenters. The fraction of sp³-hybridized carbons (Fsp3) is 0.240. The lowest BCUT2D eigenvalue weighted by Crippen LogP contribution is -2.47. The Morgan fingerprint density at radius 3 is 2.63 bits per heavy atom. The number of carbonyl (C=O) groups is 2. The highest BCUT2D eigenvalue weighted by Crippen LogP contribution is 2.32. The first-order valence-electron chi connectivity index (χ1n) is 10.8. The maximum Gasteiger partial charge on any atom is 0.339 e. The predicted octanol–water partition coefficient (Wildman–Crippen LogP) is 3.83. The van der Waals surface area contributed by atoms with Crippen molar-refractivity contribution in [1.82, 2.24) is 10.3 Å². The van der Waals surface area contributed by atoms with E-state index in [0.29, 0.717) is 21.9 Å². The fourth-order valence-electron chi connectivity index (χ4n) is 3.82. The maximum absolute atomic E-state index is 12.8. The molecule has 4 rings (SSSR count). The minimum absolute atomic E-state index is 0.0161. The highest BCUT2D eigenvalue weighted by atomic mass is 35.5. The predicted molar refractivity (Wildman–Crippen MR) is 130 cm³/mol. The molecule has 2 heterocycles. The molecule has 9 nitrogen and oxygen atoms in total. The number of rotatable bonds is 7. The van der Waals surface area contributed by atoms with Crippen LogP contribution in [0, 0.1) is 13.8 Å². The molecule has 1 amide bonds. The summed E-state index contributed by atoms with van der Waals surface area (Å²) in [7, 11) is 0. The van der Waals surface area contributed by atoms with Gasteiger partial charge in [0.2, 0.25) is 0 Å². The number of benzene rings is 2. The van der Waals surface area contributed by atoms with Gasteiger partial charge < -0.3 is 29.7 Å². The van der Waals surface area contributed by atoms with E-state index in [2.05, 4.69) is 10.3 Å². The Hall–Kier alpha value is -3.98. The number of ether oxygens (including phenoxy) is 1. The van der Waals surface area contributed by atoms with Gasteiger partial charge in [-0.25, -0.2) is 9.59 Å². The number of aromatic amines is 1. The molecule has 0 saturated carbocycles. The SMILES string of the molecule is Cc1c(C)c2cc(Cl)c(O[C@@H](C)C(=O)N[C@H](Cc3c[nH]c4ccc(O)cc34)C(=O)O)cc2oc1=O. The van der Waals surface area contributed by atoms with E-state index in [-0.39, 0.29) is 28.5 Å². The van der Waals surface area contributed by atoms with Crippen molar-refractivity contribution in [3.63, 3.8) is 0 Å². The van der Waals surface area contributed by atoms with Crippen molar-refractivity contribution in [2.45, 2.75) is 39.3 Å². The number of carboxylic acid groups (broad SMARTS) is 1. The zero-order valence-electron chi connectivity index (χ0n) is 19.1. The minimum atomic E-state index is -1.24. The van der Waals surface area contributed by atoms with E-state index in [1.165, 1.54) is 25.1 Å². The highest BCUT2D eigenvalue weighted by molar-refractivity contribution is 6.32. The summed E-state index contributed by atoms with van der Waals surface area (Å²) in [5, 5.41) is 23.4. The first-order chi connectivity index (χ1) is 16.5. The number of halogens is 1. The van der Waals surface area contributed by atoms with Crippen LogP contribution in [0.5, 0.6) is 11.5 Å². The summed E-state index contributed by atoms with van der Waals surface area (Å²) < 4.78 is 11.0. The third-order valence-electron chi connectivity index (χ3n) is 5.97. The number of nitrogens with one attached hydrogen (secondary N) is 2. The number of H-pyrrole nitrogens is 1. The zero-order valence-corrected chi connectivity index (χ0v) is 19.9. The molecule has 2 aromatic carbocycles. The van der Waals surface area contributed by atoms with Crippen LogP contribution in [0.25, 0.3) is 21.9 Å². The van der Waals surface area contributed by atoms with Crippen molar-refractivity contribution < 1.29 is 29.0 Å². The Bertz CT molecular complexity index is 1520. The number of hydrogen-bond acceptors (Lipinski definition) is 6. The summed E-state index contributed by atoms with van der Waals surface area (Å²) in [6, 6.07) is 6.50. The van der Waals surface area contributed by atoms with Crippen LogP contribution in [0.3, 0.4) is 0 Å². The van der Waals surface area contributed by atoms with Crippen LogP contribution in [0.4, 0.5) is 0 Å². The van der Waals surface area contributed by atoms with Crippen LogP contribution in [0.2, 0.25) is 5.02 Å². The summed E-state index contributed by atoms with van der Waals surface area (Å²) in [6.45, 7) is 4.89. The normalized spacial score (nSPS) is 13.0. The molecule has 0 aliphatic rings. The Morgan fingerprint density at radius 2 is 1.91 bits per heavy atom. The molecule has 0 bridgehead atoms. The van der Waals surface area contributed by atoms with Crippen LogP contribution < -0.4 is 15.7 Å². The van der Waals surface area contributed by atoms with E-state index in [1.807, 2.05) is 0 Å². The number of fused-ring (bicyclic) bond motifs is 2. The number of aromatic hydroxyl groups is 1. The van der Waals surface area contributed by atoms with Gasteiger partial charge in [0.05, 0.1) is 5.02 Å². The van der Waals surface area contributed by atoms with Crippen LogP contribution in [-0.4, -0.2) is 39.2 Å². The van der Waals surface area contributed by atoms with Crippen molar-refractivity contribution >= 4 is 45.3 Å². The van der Waals surface area contributed by atoms with Crippen LogP contribution >= 0.6 is 11.6 Å².